The first-order valence-corrected chi connectivity index (χ1v) is 7.31. The van der Waals surface area contributed by atoms with E-state index in [1.807, 2.05) is 0 Å². The third kappa shape index (κ3) is 4.78. The lowest BCUT2D eigenvalue weighted by molar-refractivity contribution is -0.385. The molecule has 1 saturated heterocycles. The Morgan fingerprint density at radius 2 is 2.18 bits per heavy atom. The number of carbonyl (C=O) groups is 1. The van der Waals surface area contributed by atoms with Crippen molar-refractivity contribution in [2.24, 2.45) is 0 Å². The van der Waals surface area contributed by atoms with E-state index in [1.54, 1.807) is 6.92 Å². The van der Waals surface area contributed by atoms with E-state index in [2.05, 4.69) is 15.3 Å². The van der Waals surface area contributed by atoms with E-state index in [9.17, 15) is 14.9 Å². The molecule has 2 heterocycles. The zero-order chi connectivity index (χ0) is 15.9. The van der Waals surface area contributed by atoms with Gasteiger partial charge in [-0.2, -0.15) is 5.10 Å². The summed E-state index contributed by atoms with van der Waals surface area (Å²) in [6.45, 7) is 6.59. The Hall–Kier alpha value is -2.00. The second kappa shape index (κ2) is 7.85. The maximum absolute atomic E-state index is 11.8. The van der Waals surface area contributed by atoms with Crippen LogP contribution in [0.5, 0.6) is 0 Å². The molecule has 0 bridgehead atoms. The molecule has 1 amide bonds. The average Bonchev–Trinajstić information content (AvgIpc) is 2.87. The van der Waals surface area contributed by atoms with Crippen LogP contribution >= 0.6 is 0 Å². The lowest BCUT2D eigenvalue weighted by atomic mass is 10.3. The van der Waals surface area contributed by atoms with Crippen LogP contribution in [-0.4, -0.2) is 64.9 Å². The van der Waals surface area contributed by atoms with Gasteiger partial charge in [-0.15, -0.1) is 0 Å². The number of rotatable bonds is 7. The third-order valence-corrected chi connectivity index (χ3v) is 3.54. The fourth-order valence-corrected chi connectivity index (χ4v) is 2.28. The molecule has 9 nitrogen and oxygen atoms in total. The van der Waals surface area contributed by atoms with Crippen molar-refractivity contribution in [3.8, 4) is 0 Å². The number of hydrogen-bond acceptors (Lipinski definition) is 6. The minimum absolute atomic E-state index is 0.0206. The maximum Gasteiger partial charge on any atom is 0.309 e. The predicted octanol–water partition coefficient (Wildman–Crippen LogP) is -0.0618. The van der Waals surface area contributed by atoms with E-state index in [-0.39, 0.29) is 18.0 Å². The van der Waals surface area contributed by atoms with Crippen LogP contribution in [0.25, 0.3) is 0 Å². The Kier molecular flexibility index (Phi) is 5.84. The van der Waals surface area contributed by atoms with Crippen LogP contribution in [0, 0.1) is 17.0 Å². The van der Waals surface area contributed by atoms with Crippen molar-refractivity contribution >= 4 is 11.6 Å². The second-order valence-corrected chi connectivity index (χ2v) is 5.17. The summed E-state index contributed by atoms with van der Waals surface area (Å²) in [6.07, 6.45) is 1.61. The Morgan fingerprint density at radius 1 is 1.45 bits per heavy atom. The van der Waals surface area contributed by atoms with Gasteiger partial charge in [0, 0.05) is 39.1 Å². The molecule has 0 aliphatic carbocycles. The van der Waals surface area contributed by atoms with Gasteiger partial charge in [0.15, 0.2) is 0 Å². The van der Waals surface area contributed by atoms with Crippen LogP contribution < -0.4 is 5.32 Å². The average molecular weight is 311 g/mol. The minimum atomic E-state index is -0.471. The topological polar surface area (TPSA) is 103 Å². The molecule has 1 aromatic heterocycles. The third-order valence-electron chi connectivity index (χ3n) is 3.54. The molecule has 1 N–H and O–H groups in total. The van der Waals surface area contributed by atoms with Gasteiger partial charge >= 0.3 is 5.69 Å². The number of morpholine rings is 1. The van der Waals surface area contributed by atoms with Gasteiger partial charge < -0.3 is 10.1 Å². The number of nitrogens with zero attached hydrogens (tertiary/aromatic N) is 4. The molecule has 0 saturated carbocycles. The molecule has 2 rings (SSSR count). The minimum Gasteiger partial charge on any atom is -0.379 e. The number of amides is 1. The highest BCUT2D eigenvalue weighted by molar-refractivity contribution is 5.75. The van der Waals surface area contributed by atoms with Gasteiger partial charge in [-0.25, -0.2) is 0 Å². The molecule has 1 fully saturated rings. The fourth-order valence-electron chi connectivity index (χ4n) is 2.28. The van der Waals surface area contributed by atoms with E-state index >= 15 is 0 Å². The first-order chi connectivity index (χ1) is 10.6. The zero-order valence-electron chi connectivity index (χ0n) is 12.7. The number of nitro groups is 1. The van der Waals surface area contributed by atoms with Crippen molar-refractivity contribution in [3.63, 3.8) is 0 Å². The molecule has 1 aromatic rings. The quantitative estimate of drug-likeness (QED) is 0.559. The van der Waals surface area contributed by atoms with Gasteiger partial charge in [0.2, 0.25) is 5.91 Å². The van der Waals surface area contributed by atoms with Crippen LogP contribution in [0.1, 0.15) is 12.1 Å². The predicted molar refractivity (Wildman–Crippen MR) is 78.5 cm³/mol. The number of hydrogen-bond donors (Lipinski definition) is 1. The number of ether oxygens (including phenoxy) is 1. The van der Waals surface area contributed by atoms with Crippen molar-refractivity contribution in [1.82, 2.24) is 20.0 Å². The molecule has 1 aliphatic heterocycles. The van der Waals surface area contributed by atoms with Crippen molar-refractivity contribution in [3.05, 3.63) is 22.0 Å². The van der Waals surface area contributed by atoms with Crippen molar-refractivity contribution in [1.29, 1.82) is 0 Å². The number of nitrogens with one attached hydrogen (secondary N) is 1. The summed E-state index contributed by atoms with van der Waals surface area (Å²) in [7, 11) is 0. The highest BCUT2D eigenvalue weighted by atomic mass is 16.6. The number of carbonyl (C=O) groups excluding carboxylic acids is 1. The highest BCUT2D eigenvalue weighted by Crippen LogP contribution is 2.14. The molecule has 0 aromatic carbocycles. The Bertz CT molecular complexity index is 525. The summed E-state index contributed by atoms with van der Waals surface area (Å²) in [6, 6.07) is 0. The molecule has 22 heavy (non-hydrogen) atoms. The smallest absolute Gasteiger partial charge is 0.309 e. The lowest BCUT2D eigenvalue weighted by Gasteiger charge is -2.26. The van der Waals surface area contributed by atoms with Gasteiger partial charge in [-0.05, 0) is 6.92 Å². The lowest BCUT2D eigenvalue weighted by Crippen LogP contribution is -2.41. The summed E-state index contributed by atoms with van der Waals surface area (Å²) in [5, 5.41) is 17.6. The largest absolute Gasteiger partial charge is 0.379 e. The van der Waals surface area contributed by atoms with Crippen molar-refractivity contribution < 1.29 is 14.5 Å². The fraction of sp³-hybridized carbons (Fsp3) is 0.692. The van der Waals surface area contributed by atoms with Gasteiger partial charge in [-0.3, -0.25) is 24.5 Å². The van der Waals surface area contributed by atoms with E-state index in [1.165, 1.54) is 10.9 Å². The van der Waals surface area contributed by atoms with Crippen LogP contribution in [0.15, 0.2) is 6.20 Å². The van der Waals surface area contributed by atoms with E-state index in [0.717, 1.165) is 32.8 Å². The molecular formula is C13H21N5O4. The molecule has 122 valence electrons. The molecule has 0 spiro atoms. The normalized spacial score (nSPS) is 15.7. The molecule has 0 unspecified atom stereocenters. The van der Waals surface area contributed by atoms with Crippen molar-refractivity contribution in [2.45, 2.75) is 19.9 Å². The Balaban J connectivity index is 1.66. The first kappa shape index (κ1) is 16.4. The summed E-state index contributed by atoms with van der Waals surface area (Å²) in [5.41, 5.74) is 0.338. The SMILES string of the molecule is Cc1nn(CCC(=O)NCCN2CCOCC2)cc1[N+](=O)[O-]. The zero-order valence-corrected chi connectivity index (χ0v) is 12.7. The van der Waals surface area contributed by atoms with Gasteiger partial charge in [0.25, 0.3) is 0 Å². The maximum atomic E-state index is 11.8. The molecular weight excluding hydrogens is 290 g/mol. The number of aryl methyl sites for hydroxylation is 2. The number of aromatic nitrogens is 2. The standard InChI is InChI=1S/C13H21N5O4/c1-11-12(18(20)21)10-17(15-11)4-2-13(19)14-3-5-16-6-8-22-9-7-16/h10H,2-9H2,1H3,(H,14,19). The van der Waals surface area contributed by atoms with Gasteiger partial charge in [-0.1, -0.05) is 0 Å². The van der Waals surface area contributed by atoms with Crippen LogP contribution in [0.4, 0.5) is 5.69 Å². The molecule has 0 atom stereocenters. The second-order valence-electron chi connectivity index (χ2n) is 5.17. The van der Waals surface area contributed by atoms with E-state index < -0.39 is 4.92 Å². The van der Waals surface area contributed by atoms with Crippen LogP contribution in [0.2, 0.25) is 0 Å². The van der Waals surface area contributed by atoms with Crippen molar-refractivity contribution in [2.75, 3.05) is 39.4 Å². The van der Waals surface area contributed by atoms with Crippen LogP contribution in [-0.2, 0) is 16.1 Å². The Labute approximate surface area is 128 Å². The first-order valence-electron chi connectivity index (χ1n) is 7.31. The van der Waals surface area contributed by atoms with Gasteiger partial charge in [0.05, 0.1) is 18.1 Å². The molecule has 9 heteroatoms. The summed E-state index contributed by atoms with van der Waals surface area (Å²) < 4.78 is 6.70. The van der Waals surface area contributed by atoms with E-state index in [4.69, 9.17) is 4.74 Å². The van der Waals surface area contributed by atoms with E-state index in [0.29, 0.717) is 18.8 Å². The van der Waals surface area contributed by atoms with Crippen LogP contribution in [0.3, 0.4) is 0 Å². The Morgan fingerprint density at radius 3 is 2.82 bits per heavy atom. The monoisotopic (exact) mass is 311 g/mol. The summed E-state index contributed by atoms with van der Waals surface area (Å²) in [5.74, 6) is -0.0796. The highest BCUT2D eigenvalue weighted by Gasteiger charge is 2.15. The summed E-state index contributed by atoms with van der Waals surface area (Å²) >= 11 is 0. The molecule has 1 aliphatic rings. The summed E-state index contributed by atoms with van der Waals surface area (Å²) in [4.78, 5) is 24.2. The molecule has 0 radical (unpaired) electrons. The van der Waals surface area contributed by atoms with Gasteiger partial charge in [0.1, 0.15) is 11.9 Å².